The number of hydrogen-bond acceptors (Lipinski definition) is 9. The van der Waals surface area contributed by atoms with Crippen LogP contribution in [0.15, 0.2) is 42.7 Å². The molecule has 2 unspecified atom stereocenters. The lowest BCUT2D eigenvalue weighted by atomic mass is 10.0. The summed E-state index contributed by atoms with van der Waals surface area (Å²) >= 11 is 0. The van der Waals surface area contributed by atoms with Gasteiger partial charge in [-0.15, -0.1) is 0 Å². The third-order valence-electron chi connectivity index (χ3n) is 7.57. The lowest BCUT2D eigenvalue weighted by Crippen LogP contribution is -2.65. The predicted octanol–water partition coefficient (Wildman–Crippen LogP) is 1.71. The van der Waals surface area contributed by atoms with Crippen molar-refractivity contribution in [3.63, 3.8) is 0 Å². The Kier molecular flexibility index (Phi) is 5.84. The van der Waals surface area contributed by atoms with Gasteiger partial charge >= 0.3 is 0 Å². The SMILES string of the molecule is CC1CN(c2ccc(C#N)c3ncccc23)CC2CN(c3nccc(N4CCNCC4)n3)CCN12. The highest BCUT2D eigenvalue weighted by Crippen LogP contribution is 2.32. The molecule has 2 atom stereocenters. The van der Waals surface area contributed by atoms with Crippen molar-refractivity contribution in [1.82, 2.24) is 25.2 Å². The van der Waals surface area contributed by atoms with Crippen molar-refractivity contribution in [2.75, 3.05) is 73.6 Å². The molecule has 9 heteroatoms. The van der Waals surface area contributed by atoms with E-state index in [1.54, 1.807) is 6.20 Å². The van der Waals surface area contributed by atoms with Crippen molar-refractivity contribution >= 4 is 28.4 Å². The maximum atomic E-state index is 9.54. The molecule has 3 aromatic rings. The summed E-state index contributed by atoms with van der Waals surface area (Å²) in [5.74, 6) is 1.85. The minimum atomic E-state index is 0.376. The summed E-state index contributed by atoms with van der Waals surface area (Å²) in [6.07, 6.45) is 3.67. The van der Waals surface area contributed by atoms with E-state index in [2.05, 4.69) is 60.0 Å². The number of aromatic nitrogens is 3. The summed E-state index contributed by atoms with van der Waals surface area (Å²) in [7, 11) is 0. The number of benzene rings is 1. The summed E-state index contributed by atoms with van der Waals surface area (Å²) in [4.78, 5) is 23.9. The first-order valence-electron chi connectivity index (χ1n) is 12.5. The van der Waals surface area contributed by atoms with Crippen LogP contribution in [-0.4, -0.2) is 90.8 Å². The Morgan fingerprint density at radius 3 is 2.63 bits per heavy atom. The molecule has 180 valence electrons. The molecule has 6 rings (SSSR count). The maximum absolute atomic E-state index is 9.54. The van der Waals surface area contributed by atoms with Crippen molar-refractivity contribution < 1.29 is 0 Å². The van der Waals surface area contributed by atoms with Crippen LogP contribution in [0.2, 0.25) is 0 Å². The highest BCUT2D eigenvalue weighted by Gasteiger charge is 2.37. The van der Waals surface area contributed by atoms with Crippen LogP contribution < -0.4 is 20.0 Å². The van der Waals surface area contributed by atoms with Gasteiger partial charge in [0.05, 0.1) is 11.1 Å². The quantitative estimate of drug-likeness (QED) is 0.616. The molecule has 3 aliphatic heterocycles. The number of hydrogen-bond donors (Lipinski definition) is 1. The second-order valence-electron chi connectivity index (χ2n) is 9.69. The van der Waals surface area contributed by atoms with Crippen molar-refractivity contribution in [2.45, 2.75) is 19.0 Å². The van der Waals surface area contributed by atoms with Crippen LogP contribution >= 0.6 is 0 Å². The van der Waals surface area contributed by atoms with Gasteiger partial charge in [-0.3, -0.25) is 9.88 Å². The molecule has 0 spiro atoms. The van der Waals surface area contributed by atoms with Gasteiger partial charge in [0.25, 0.3) is 0 Å². The van der Waals surface area contributed by atoms with Crippen molar-refractivity contribution in [2.24, 2.45) is 0 Å². The van der Waals surface area contributed by atoms with E-state index in [4.69, 9.17) is 4.98 Å². The average Bonchev–Trinajstić information content (AvgIpc) is 2.92. The average molecular weight is 470 g/mol. The standard InChI is InChI=1S/C26H31N9/c1-19-16-34(23-5-4-20(15-27)25-22(23)3-2-7-29-25)18-21-17-33(13-14-35(19)21)26-30-8-6-24(31-26)32-11-9-28-10-12-32/h2-8,19,21,28H,9-14,16-18H2,1H3. The maximum Gasteiger partial charge on any atom is 0.227 e. The van der Waals surface area contributed by atoms with Crippen LogP contribution in [0.25, 0.3) is 10.9 Å². The predicted molar refractivity (Wildman–Crippen MR) is 138 cm³/mol. The first kappa shape index (κ1) is 22.0. The van der Waals surface area contributed by atoms with Gasteiger partial charge < -0.3 is 20.0 Å². The summed E-state index contributed by atoms with van der Waals surface area (Å²) in [6.45, 7) is 11.0. The Morgan fingerprint density at radius 2 is 1.77 bits per heavy atom. The molecule has 3 fully saturated rings. The number of fused-ring (bicyclic) bond motifs is 2. The zero-order valence-electron chi connectivity index (χ0n) is 20.1. The molecular weight excluding hydrogens is 438 g/mol. The molecule has 3 aliphatic rings. The molecule has 1 N–H and O–H groups in total. The largest absolute Gasteiger partial charge is 0.368 e. The van der Waals surface area contributed by atoms with E-state index < -0.39 is 0 Å². The molecule has 0 aliphatic carbocycles. The molecule has 9 nitrogen and oxygen atoms in total. The highest BCUT2D eigenvalue weighted by atomic mass is 15.4. The highest BCUT2D eigenvalue weighted by molar-refractivity contribution is 5.95. The normalized spacial score (nSPS) is 23.3. The monoisotopic (exact) mass is 469 g/mol. The second-order valence-corrected chi connectivity index (χ2v) is 9.69. The lowest BCUT2D eigenvalue weighted by molar-refractivity contribution is 0.108. The molecule has 5 heterocycles. The second kappa shape index (κ2) is 9.29. The molecule has 35 heavy (non-hydrogen) atoms. The molecular formula is C26H31N9. The van der Waals surface area contributed by atoms with Crippen molar-refractivity contribution in [1.29, 1.82) is 5.26 Å². The Hall–Kier alpha value is -3.48. The van der Waals surface area contributed by atoms with Crippen LogP contribution in [0.5, 0.6) is 0 Å². The van der Waals surface area contributed by atoms with Crippen LogP contribution in [0.4, 0.5) is 17.5 Å². The van der Waals surface area contributed by atoms with E-state index in [0.29, 0.717) is 17.6 Å². The van der Waals surface area contributed by atoms with E-state index in [9.17, 15) is 5.26 Å². The van der Waals surface area contributed by atoms with Gasteiger partial charge in [-0.05, 0) is 37.3 Å². The van der Waals surface area contributed by atoms with Gasteiger partial charge in [-0.25, -0.2) is 4.98 Å². The first-order chi connectivity index (χ1) is 17.2. The molecule has 0 amide bonds. The number of nitrogens with one attached hydrogen (secondary N) is 1. The summed E-state index contributed by atoms with van der Waals surface area (Å²) in [6, 6.07) is 13.2. The smallest absolute Gasteiger partial charge is 0.227 e. The third-order valence-corrected chi connectivity index (χ3v) is 7.57. The fraction of sp³-hybridized carbons (Fsp3) is 0.462. The number of piperazine rings is 3. The Bertz CT molecular complexity index is 1250. The van der Waals surface area contributed by atoms with E-state index in [1.807, 2.05) is 24.4 Å². The fourth-order valence-electron chi connectivity index (χ4n) is 5.83. The van der Waals surface area contributed by atoms with Crippen molar-refractivity contribution in [3.05, 3.63) is 48.3 Å². The molecule has 0 saturated carbocycles. The van der Waals surface area contributed by atoms with E-state index in [-0.39, 0.29) is 0 Å². The summed E-state index contributed by atoms with van der Waals surface area (Å²) < 4.78 is 0. The van der Waals surface area contributed by atoms with Crippen LogP contribution in [0, 0.1) is 11.3 Å². The van der Waals surface area contributed by atoms with Crippen LogP contribution in [0.1, 0.15) is 12.5 Å². The summed E-state index contributed by atoms with van der Waals surface area (Å²) in [5.41, 5.74) is 2.57. The first-order valence-corrected chi connectivity index (χ1v) is 12.5. The van der Waals surface area contributed by atoms with E-state index >= 15 is 0 Å². The molecule has 2 aromatic heterocycles. The van der Waals surface area contributed by atoms with Crippen LogP contribution in [0.3, 0.4) is 0 Å². The van der Waals surface area contributed by atoms with Gasteiger partial charge in [0.1, 0.15) is 11.9 Å². The lowest BCUT2D eigenvalue weighted by Gasteiger charge is -2.51. The van der Waals surface area contributed by atoms with E-state index in [1.165, 1.54) is 0 Å². The number of nitrogens with zero attached hydrogens (tertiary/aromatic N) is 8. The Balaban J connectivity index is 1.24. The van der Waals surface area contributed by atoms with Gasteiger partial charge in [0, 0.05) is 94.5 Å². The zero-order valence-corrected chi connectivity index (χ0v) is 20.1. The van der Waals surface area contributed by atoms with E-state index in [0.717, 1.165) is 87.3 Å². The minimum absolute atomic E-state index is 0.376. The number of pyridine rings is 1. The molecule has 3 saturated heterocycles. The van der Waals surface area contributed by atoms with Gasteiger partial charge in [-0.1, -0.05) is 0 Å². The number of nitriles is 1. The molecule has 0 radical (unpaired) electrons. The van der Waals surface area contributed by atoms with Gasteiger partial charge in [-0.2, -0.15) is 10.2 Å². The number of anilines is 3. The summed E-state index contributed by atoms with van der Waals surface area (Å²) in [5, 5.41) is 14.0. The molecule has 1 aromatic carbocycles. The molecule has 0 bridgehead atoms. The zero-order chi connectivity index (χ0) is 23.8. The Labute approximate surface area is 206 Å². The topological polar surface area (TPSA) is 87.5 Å². The van der Waals surface area contributed by atoms with Gasteiger partial charge in [0.2, 0.25) is 5.95 Å². The third kappa shape index (κ3) is 4.13. The minimum Gasteiger partial charge on any atom is -0.368 e. The van der Waals surface area contributed by atoms with Crippen LogP contribution in [-0.2, 0) is 0 Å². The number of rotatable bonds is 3. The fourth-order valence-corrected chi connectivity index (χ4v) is 5.83. The Morgan fingerprint density at radius 1 is 0.914 bits per heavy atom. The van der Waals surface area contributed by atoms with Crippen molar-refractivity contribution in [3.8, 4) is 6.07 Å². The van der Waals surface area contributed by atoms with Gasteiger partial charge in [0.15, 0.2) is 0 Å².